The summed E-state index contributed by atoms with van der Waals surface area (Å²) in [4.78, 5) is 36.2. The van der Waals surface area contributed by atoms with Gasteiger partial charge in [0.05, 0.1) is 10.3 Å². The van der Waals surface area contributed by atoms with E-state index in [0.29, 0.717) is 18.5 Å². The van der Waals surface area contributed by atoms with Crippen molar-refractivity contribution < 1.29 is 19.6 Å². The molecule has 130 valence electrons. The third kappa shape index (κ3) is 3.25. The van der Waals surface area contributed by atoms with Gasteiger partial charge in [-0.05, 0) is 24.8 Å². The summed E-state index contributed by atoms with van der Waals surface area (Å²) in [5.41, 5.74) is -0.703. The molecule has 0 saturated carbocycles. The van der Waals surface area contributed by atoms with E-state index < -0.39 is 21.7 Å². The predicted molar refractivity (Wildman–Crippen MR) is 88.1 cm³/mol. The van der Waals surface area contributed by atoms with Crippen LogP contribution in [0.4, 0.5) is 5.69 Å². The van der Waals surface area contributed by atoms with Gasteiger partial charge in [-0.3, -0.25) is 19.7 Å². The number of carboxylic acid groups (broad SMARTS) is 1. The van der Waals surface area contributed by atoms with Crippen LogP contribution in [0.2, 0.25) is 0 Å². The fourth-order valence-electron chi connectivity index (χ4n) is 2.94. The highest BCUT2D eigenvalue weighted by molar-refractivity contribution is 5.96. The molecule has 1 saturated heterocycles. The predicted octanol–water partition coefficient (Wildman–Crippen LogP) is 2.83. The molecule has 2 rings (SSSR count). The van der Waals surface area contributed by atoms with Crippen molar-refractivity contribution in [1.29, 1.82) is 0 Å². The Balaban J connectivity index is 2.33. The molecule has 0 bridgehead atoms. The second-order valence-electron chi connectivity index (χ2n) is 7.58. The summed E-state index contributed by atoms with van der Waals surface area (Å²) < 4.78 is 0. The molecule has 0 aliphatic carbocycles. The largest absolute Gasteiger partial charge is 0.481 e. The van der Waals surface area contributed by atoms with Crippen LogP contribution < -0.4 is 0 Å². The summed E-state index contributed by atoms with van der Waals surface area (Å²) in [7, 11) is 0. The molecule has 7 nitrogen and oxygen atoms in total. The first-order chi connectivity index (χ1) is 11.0. The van der Waals surface area contributed by atoms with Gasteiger partial charge < -0.3 is 10.0 Å². The van der Waals surface area contributed by atoms with Gasteiger partial charge in [0.2, 0.25) is 0 Å². The summed E-state index contributed by atoms with van der Waals surface area (Å²) in [5.74, 6) is -1.31. The minimum Gasteiger partial charge on any atom is -0.481 e. The zero-order valence-electron chi connectivity index (χ0n) is 14.3. The maximum Gasteiger partial charge on any atom is 0.311 e. The van der Waals surface area contributed by atoms with Gasteiger partial charge in [0.1, 0.15) is 0 Å². The number of amides is 1. The number of carbonyl (C=O) groups is 2. The smallest absolute Gasteiger partial charge is 0.311 e. The van der Waals surface area contributed by atoms with Crippen LogP contribution in [-0.4, -0.2) is 39.9 Å². The van der Waals surface area contributed by atoms with Crippen molar-refractivity contribution in [2.45, 2.75) is 39.5 Å². The van der Waals surface area contributed by atoms with Gasteiger partial charge in [0.25, 0.3) is 11.6 Å². The SMILES string of the molecule is CC1(C(=O)O)CCN(C(=O)c2ccc(C(C)(C)C)c([N+](=O)[O-])c2)C1. The number of benzene rings is 1. The van der Waals surface area contributed by atoms with Crippen molar-refractivity contribution in [1.82, 2.24) is 4.90 Å². The maximum atomic E-state index is 12.6. The first kappa shape index (κ1) is 17.9. The fourth-order valence-corrected chi connectivity index (χ4v) is 2.94. The average molecular weight is 334 g/mol. The molecule has 7 heteroatoms. The standard InChI is InChI=1S/C17H22N2O5/c1-16(2,3)12-6-5-11(9-13(12)19(23)24)14(20)18-8-7-17(4,10-18)15(21)22/h5-6,9H,7-8,10H2,1-4H3,(H,21,22). The number of likely N-dealkylation sites (tertiary alicyclic amines) is 1. The van der Waals surface area contributed by atoms with Gasteiger partial charge in [-0.15, -0.1) is 0 Å². The van der Waals surface area contributed by atoms with Crippen molar-refractivity contribution >= 4 is 17.6 Å². The molecule has 1 aromatic carbocycles. The summed E-state index contributed by atoms with van der Waals surface area (Å²) in [5, 5.41) is 20.6. The van der Waals surface area contributed by atoms with E-state index in [2.05, 4.69) is 0 Å². The highest BCUT2D eigenvalue weighted by Gasteiger charge is 2.42. The Morgan fingerprint density at radius 1 is 1.33 bits per heavy atom. The quantitative estimate of drug-likeness (QED) is 0.676. The molecule has 1 unspecified atom stereocenters. The molecular formula is C17H22N2O5. The zero-order valence-corrected chi connectivity index (χ0v) is 14.3. The zero-order chi connectivity index (χ0) is 18.3. The molecule has 1 fully saturated rings. The summed E-state index contributed by atoms with van der Waals surface area (Å²) >= 11 is 0. The number of nitro groups is 1. The molecule has 1 aliphatic rings. The Bertz CT molecular complexity index is 707. The highest BCUT2D eigenvalue weighted by atomic mass is 16.6. The molecule has 1 amide bonds. The normalized spacial score (nSPS) is 20.9. The van der Waals surface area contributed by atoms with Gasteiger partial charge in [0, 0.05) is 30.3 Å². The van der Waals surface area contributed by atoms with Gasteiger partial charge in [-0.1, -0.05) is 26.8 Å². The third-order valence-corrected chi connectivity index (χ3v) is 4.53. The molecular weight excluding hydrogens is 312 g/mol. The Morgan fingerprint density at radius 3 is 2.42 bits per heavy atom. The lowest BCUT2D eigenvalue weighted by atomic mass is 9.85. The average Bonchev–Trinajstić information content (AvgIpc) is 2.89. The Morgan fingerprint density at radius 2 is 1.96 bits per heavy atom. The molecule has 1 atom stereocenters. The molecule has 0 spiro atoms. The highest BCUT2D eigenvalue weighted by Crippen LogP contribution is 2.34. The number of nitrogens with zero attached hydrogens (tertiary/aromatic N) is 2. The van der Waals surface area contributed by atoms with Crippen molar-refractivity contribution in [2.75, 3.05) is 13.1 Å². The van der Waals surface area contributed by atoms with Crippen LogP contribution in [0, 0.1) is 15.5 Å². The van der Waals surface area contributed by atoms with Crippen LogP contribution in [0.5, 0.6) is 0 Å². The maximum absolute atomic E-state index is 12.6. The first-order valence-corrected chi connectivity index (χ1v) is 7.77. The molecule has 0 aromatic heterocycles. The van der Waals surface area contributed by atoms with Crippen LogP contribution in [0.25, 0.3) is 0 Å². The number of hydrogen-bond donors (Lipinski definition) is 1. The summed E-state index contributed by atoms with van der Waals surface area (Å²) in [6, 6.07) is 4.48. The lowest BCUT2D eigenvalue weighted by Gasteiger charge is -2.22. The van der Waals surface area contributed by atoms with Crippen LogP contribution in [0.15, 0.2) is 18.2 Å². The number of carbonyl (C=O) groups excluding carboxylic acids is 1. The van der Waals surface area contributed by atoms with Crippen LogP contribution in [0.3, 0.4) is 0 Å². The third-order valence-electron chi connectivity index (χ3n) is 4.53. The van der Waals surface area contributed by atoms with Crippen LogP contribution in [-0.2, 0) is 10.2 Å². The van der Waals surface area contributed by atoms with Crippen molar-refractivity contribution in [2.24, 2.45) is 5.41 Å². The molecule has 1 aromatic rings. The number of hydrogen-bond acceptors (Lipinski definition) is 4. The minimum absolute atomic E-state index is 0.0893. The second kappa shape index (κ2) is 5.89. The summed E-state index contributed by atoms with van der Waals surface area (Å²) in [6.45, 7) is 7.65. The lowest BCUT2D eigenvalue weighted by Crippen LogP contribution is -2.35. The van der Waals surface area contributed by atoms with Gasteiger partial charge >= 0.3 is 5.97 Å². The van der Waals surface area contributed by atoms with E-state index in [1.54, 1.807) is 19.1 Å². The Labute approximate surface area is 140 Å². The van der Waals surface area contributed by atoms with Gasteiger partial charge in [0.15, 0.2) is 0 Å². The molecule has 24 heavy (non-hydrogen) atoms. The summed E-state index contributed by atoms with van der Waals surface area (Å²) in [6.07, 6.45) is 0.371. The number of carboxylic acids is 1. The van der Waals surface area contributed by atoms with E-state index in [1.165, 1.54) is 11.0 Å². The van der Waals surface area contributed by atoms with E-state index in [9.17, 15) is 24.8 Å². The number of nitro benzene ring substituents is 1. The van der Waals surface area contributed by atoms with Crippen molar-refractivity contribution in [3.8, 4) is 0 Å². The monoisotopic (exact) mass is 334 g/mol. The lowest BCUT2D eigenvalue weighted by molar-refractivity contribution is -0.386. The second-order valence-corrected chi connectivity index (χ2v) is 7.58. The van der Waals surface area contributed by atoms with E-state index in [4.69, 9.17) is 0 Å². The topological polar surface area (TPSA) is 101 Å². The number of rotatable bonds is 3. The van der Waals surface area contributed by atoms with Crippen molar-refractivity contribution in [3.63, 3.8) is 0 Å². The van der Waals surface area contributed by atoms with E-state index >= 15 is 0 Å². The van der Waals surface area contributed by atoms with Gasteiger partial charge in [-0.25, -0.2) is 0 Å². The molecule has 1 N–H and O–H groups in total. The molecule has 1 heterocycles. The van der Waals surface area contributed by atoms with Crippen LogP contribution >= 0.6 is 0 Å². The number of aliphatic carboxylic acids is 1. The van der Waals surface area contributed by atoms with Crippen molar-refractivity contribution in [3.05, 3.63) is 39.4 Å². The van der Waals surface area contributed by atoms with E-state index in [1.807, 2.05) is 20.8 Å². The Kier molecular flexibility index (Phi) is 4.39. The first-order valence-electron chi connectivity index (χ1n) is 7.77. The molecule has 0 radical (unpaired) electrons. The fraction of sp³-hybridized carbons (Fsp3) is 0.529. The van der Waals surface area contributed by atoms with E-state index in [-0.39, 0.29) is 23.7 Å². The molecule has 1 aliphatic heterocycles. The van der Waals surface area contributed by atoms with Gasteiger partial charge in [-0.2, -0.15) is 0 Å². The minimum atomic E-state index is -0.965. The van der Waals surface area contributed by atoms with Crippen LogP contribution in [0.1, 0.15) is 50.0 Å². The van der Waals surface area contributed by atoms with E-state index in [0.717, 1.165) is 0 Å². The Hall–Kier alpha value is -2.44.